The van der Waals surface area contributed by atoms with Gasteiger partial charge in [0, 0.05) is 100 Å². The number of benzene rings is 3. The van der Waals surface area contributed by atoms with E-state index in [0.717, 1.165) is 18.8 Å². The number of anilines is 9. The van der Waals surface area contributed by atoms with Gasteiger partial charge in [0.2, 0.25) is 35.7 Å². The van der Waals surface area contributed by atoms with E-state index in [-0.39, 0.29) is 41.3 Å². The standard InChI is InChI=1S/C42H52N14O9S2/c57-24-20-52-12-16-54(17-13-52)40-47-37(43-32-4-2-1-3-5-32)46-38(48-40)45-34-11-9-31(36(29-34)67(60,61)62)7-6-30-8-10-33(28-35(30)66-65-64-59)44-39-49-41(55-18-14-53(15-19-55)21-25-58)51-42(50-39)56-22-26-63-27-23-56/h1-11,28-29,57-59H,12-27H2,(H,60,61,62)(H,44,49,50,51)(H2,43,45,46,47,48)/b7-6+. The number of hydrogen-bond donors (Lipinski definition) is 7. The molecule has 7 N–H and O–H groups in total. The average molecular weight is 961 g/mol. The second-order valence-electron chi connectivity index (χ2n) is 15.5. The number of morpholine rings is 1. The Hall–Kier alpha value is -5.84. The fourth-order valence-corrected chi connectivity index (χ4v) is 8.86. The number of rotatable bonds is 19. The third kappa shape index (κ3) is 13.0. The predicted molar refractivity (Wildman–Crippen MR) is 253 cm³/mol. The van der Waals surface area contributed by atoms with Gasteiger partial charge >= 0.3 is 0 Å². The van der Waals surface area contributed by atoms with E-state index in [2.05, 4.69) is 50.6 Å². The quantitative estimate of drug-likeness (QED) is 0.0206. The van der Waals surface area contributed by atoms with Crippen LogP contribution in [0, 0.1) is 0 Å². The van der Waals surface area contributed by atoms with Gasteiger partial charge in [0.15, 0.2) is 0 Å². The van der Waals surface area contributed by atoms with Crippen LogP contribution in [0.3, 0.4) is 0 Å². The maximum atomic E-state index is 12.9. The summed E-state index contributed by atoms with van der Waals surface area (Å²) in [6.45, 7) is 9.13. The zero-order chi connectivity index (χ0) is 46.6. The number of para-hydroxylation sites is 1. The van der Waals surface area contributed by atoms with Crippen molar-refractivity contribution in [1.29, 1.82) is 0 Å². The van der Waals surface area contributed by atoms with Crippen LogP contribution in [-0.4, -0.2) is 173 Å². The van der Waals surface area contributed by atoms with Gasteiger partial charge in [-0.2, -0.15) is 38.3 Å². The Balaban J connectivity index is 1.03. The Kier molecular flexibility index (Phi) is 16.2. The number of piperazine rings is 2. The third-order valence-corrected chi connectivity index (χ3v) is 12.7. The second kappa shape index (κ2) is 22.8. The summed E-state index contributed by atoms with van der Waals surface area (Å²) in [5.74, 6) is 2.11. The van der Waals surface area contributed by atoms with E-state index < -0.39 is 10.1 Å². The molecule has 0 saturated carbocycles. The van der Waals surface area contributed by atoms with Gasteiger partial charge in [-0.25, -0.2) is 5.26 Å². The molecular weight excluding hydrogens is 909 g/mol. The van der Waals surface area contributed by atoms with E-state index in [1.54, 1.807) is 30.3 Å². The Morgan fingerprint density at radius 3 is 1.66 bits per heavy atom. The van der Waals surface area contributed by atoms with Crippen molar-refractivity contribution in [3.8, 4) is 0 Å². The molecule has 0 atom stereocenters. The summed E-state index contributed by atoms with van der Waals surface area (Å²) in [5, 5.41) is 41.4. The van der Waals surface area contributed by atoms with Gasteiger partial charge in [0.1, 0.15) is 4.90 Å². The molecule has 8 rings (SSSR count). The molecule has 0 aliphatic carbocycles. The second-order valence-corrected chi connectivity index (χ2v) is 17.7. The number of nitrogens with one attached hydrogen (secondary N) is 3. The fourth-order valence-electron chi connectivity index (χ4n) is 7.64. The maximum absolute atomic E-state index is 12.9. The summed E-state index contributed by atoms with van der Waals surface area (Å²) in [6.07, 6.45) is 3.14. The summed E-state index contributed by atoms with van der Waals surface area (Å²) in [4.78, 5) is 38.8. The Morgan fingerprint density at radius 1 is 0.612 bits per heavy atom. The van der Waals surface area contributed by atoms with Crippen molar-refractivity contribution >= 4 is 87.1 Å². The molecule has 3 fully saturated rings. The summed E-state index contributed by atoms with van der Waals surface area (Å²) in [5.41, 5.74) is 2.29. The van der Waals surface area contributed by atoms with Crippen molar-refractivity contribution in [3.63, 3.8) is 0 Å². The molecule has 25 heteroatoms. The molecule has 67 heavy (non-hydrogen) atoms. The van der Waals surface area contributed by atoms with Gasteiger partial charge in [0.25, 0.3) is 10.1 Å². The lowest BCUT2D eigenvalue weighted by Gasteiger charge is -2.35. The van der Waals surface area contributed by atoms with E-state index in [4.69, 9.17) is 29.3 Å². The minimum absolute atomic E-state index is 0.0699. The van der Waals surface area contributed by atoms with Crippen LogP contribution in [0.15, 0.2) is 76.5 Å². The molecular formula is C42H52N14O9S2. The van der Waals surface area contributed by atoms with Gasteiger partial charge in [-0.15, -0.1) is 4.33 Å². The van der Waals surface area contributed by atoms with Crippen molar-refractivity contribution in [2.24, 2.45) is 0 Å². The smallest absolute Gasteiger partial charge is 0.295 e. The Morgan fingerprint density at radius 2 is 1.10 bits per heavy atom. The lowest BCUT2D eigenvalue weighted by Crippen LogP contribution is -2.48. The first-order valence-corrected chi connectivity index (χ1v) is 23.8. The van der Waals surface area contributed by atoms with Crippen LogP contribution in [0.25, 0.3) is 12.2 Å². The highest BCUT2D eigenvalue weighted by Gasteiger charge is 2.24. The zero-order valence-electron chi connectivity index (χ0n) is 36.4. The molecule has 3 aliphatic rings. The molecule has 356 valence electrons. The molecule has 3 aliphatic heterocycles. The van der Waals surface area contributed by atoms with Gasteiger partial charge in [-0.3, -0.25) is 14.4 Å². The summed E-state index contributed by atoms with van der Waals surface area (Å²) in [6, 6.07) is 19.0. The van der Waals surface area contributed by atoms with Crippen molar-refractivity contribution in [1.82, 2.24) is 39.7 Å². The SMILES string of the molecule is O=S(=O)(O)c1cc(Nc2nc(Nc3ccccc3)nc(N3CCN(CCO)CC3)n2)ccc1/C=C/c1ccc(Nc2nc(N3CCOCC3)nc(N3CCN(CCO)CC3)n2)cc1SOOO. The molecule has 0 amide bonds. The molecule has 5 aromatic rings. The molecule has 0 radical (unpaired) electrons. The van der Waals surface area contributed by atoms with Gasteiger partial charge < -0.3 is 45.6 Å². The van der Waals surface area contributed by atoms with Gasteiger partial charge in [-0.05, 0) is 47.5 Å². The molecule has 0 bridgehead atoms. The molecule has 3 saturated heterocycles. The average Bonchev–Trinajstić information content (AvgIpc) is 3.34. The van der Waals surface area contributed by atoms with Crippen molar-refractivity contribution < 1.29 is 42.5 Å². The topological polar surface area (TPSA) is 272 Å². The Bertz CT molecular complexity index is 2570. The van der Waals surface area contributed by atoms with Crippen LogP contribution >= 0.6 is 12.0 Å². The molecule has 23 nitrogen and oxygen atoms in total. The van der Waals surface area contributed by atoms with Crippen LogP contribution in [0.5, 0.6) is 0 Å². The summed E-state index contributed by atoms with van der Waals surface area (Å²) >= 11 is 0.704. The normalized spacial score (nSPS) is 16.4. The Labute approximate surface area is 391 Å². The van der Waals surface area contributed by atoms with Crippen LogP contribution in [0.1, 0.15) is 11.1 Å². The highest BCUT2D eigenvalue weighted by molar-refractivity contribution is 7.94. The number of β-amino-alcohol motifs (C(OH)–C–C–N with tert-alkyl or cyclic N) is 2. The van der Waals surface area contributed by atoms with Crippen molar-refractivity contribution in [3.05, 3.63) is 77.9 Å². The van der Waals surface area contributed by atoms with Gasteiger partial charge in [-0.1, -0.05) is 47.5 Å². The van der Waals surface area contributed by atoms with Crippen LogP contribution in [-0.2, 0) is 24.2 Å². The maximum Gasteiger partial charge on any atom is 0.295 e. The third-order valence-electron chi connectivity index (χ3n) is 11.1. The van der Waals surface area contributed by atoms with E-state index in [1.807, 2.05) is 40.1 Å². The van der Waals surface area contributed by atoms with E-state index in [9.17, 15) is 23.2 Å². The van der Waals surface area contributed by atoms with Gasteiger partial charge in [0.05, 0.1) is 38.5 Å². The largest absolute Gasteiger partial charge is 0.395 e. The lowest BCUT2D eigenvalue weighted by molar-refractivity contribution is -0.432. The van der Waals surface area contributed by atoms with Crippen molar-refractivity contribution in [2.45, 2.75) is 9.79 Å². The van der Waals surface area contributed by atoms with E-state index in [0.29, 0.717) is 131 Å². The first-order valence-electron chi connectivity index (χ1n) is 21.6. The first-order chi connectivity index (χ1) is 32.6. The fraction of sp³-hybridized carbons (Fsp3) is 0.381. The first kappa shape index (κ1) is 47.6. The monoisotopic (exact) mass is 960 g/mol. The minimum Gasteiger partial charge on any atom is -0.395 e. The molecule has 2 aromatic heterocycles. The molecule has 0 unspecified atom stereocenters. The van der Waals surface area contributed by atoms with E-state index >= 15 is 0 Å². The highest BCUT2D eigenvalue weighted by Crippen LogP contribution is 2.32. The van der Waals surface area contributed by atoms with Crippen LogP contribution in [0.4, 0.5) is 52.8 Å². The van der Waals surface area contributed by atoms with Crippen LogP contribution < -0.4 is 30.7 Å². The number of ether oxygens (including phenoxy) is 1. The minimum atomic E-state index is -4.76. The predicted octanol–water partition coefficient (Wildman–Crippen LogP) is 3.20. The number of hydrogen-bond acceptors (Lipinski definition) is 23. The summed E-state index contributed by atoms with van der Waals surface area (Å²) < 4.78 is 46.6. The number of aromatic nitrogens is 6. The molecule has 0 spiro atoms. The van der Waals surface area contributed by atoms with E-state index in [1.165, 1.54) is 18.2 Å². The highest BCUT2D eigenvalue weighted by atomic mass is 32.2. The molecule has 5 heterocycles. The number of nitrogens with zero attached hydrogens (tertiary/aromatic N) is 11. The van der Waals surface area contributed by atoms with Crippen LogP contribution in [0.2, 0.25) is 0 Å². The van der Waals surface area contributed by atoms with Crippen molar-refractivity contribution in [2.75, 3.05) is 136 Å². The molecule has 3 aromatic carbocycles. The number of aliphatic hydroxyl groups excluding tert-OH is 2. The zero-order valence-corrected chi connectivity index (χ0v) is 38.0. The number of aliphatic hydroxyl groups is 2. The lowest BCUT2D eigenvalue weighted by atomic mass is 10.1. The summed E-state index contributed by atoms with van der Waals surface area (Å²) in [7, 11) is -4.76.